The number of rotatable bonds is 2. The van der Waals surface area contributed by atoms with Crippen LogP contribution in [0.15, 0.2) is 34.9 Å². The first-order chi connectivity index (χ1) is 7.94. The minimum atomic E-state index is -4.41. The van der Waals surface area contributed by atoms with Gasteiger partial charge in [0.05, 0.1) is 5.52 Å². The average Bonchev–Trinajstić information content (AvgIpc) is 2.24. The van der Waals surface area contributed by atoms with Crippen LogP contribution in [-0.2, 0) is 0 Å². The van der Waals surface area contributed by atoms with E-state index < -0.39 is 17.6 Å². The molecule has 17 heavy (non-hydrogen) atoms. The van der Waals surface area contributed by atoms with Gasteiger partial charge >= 0.3 is 5.51 Å². The number of alkyl halides is 3. The number of halogens is 4. The molecule has 0 aliphatic heterocycles. The van der Waals surface area contributed by atoms with Gasteiger partial charge < -0.3 is 4.18 Å². The Morgan fingerprint density at radius 2 is 2.00 bits per heavy atom. The Kier molecular flexibility index (Phi) is 3.48. The van der Waals surface area contributed by atoms with Crippen molar-refractivity contribution in [3.63, 3.8) is 0 Å². The van der Waals surface area contributed by atoms with Gasteiger partial charge in [-0.3, -0.25) is 4.98 Å². The predicted molar refractivity (Wildman–Crippen MR) is 63.7 cm³/mol. The van der Waals surface area contributed by atoms with E-state index >= 15 is 0 Å². The van der Waals surface area contributed by atoms with Crippen molar-refractivity contribution >= 4 is 38.9 Å². The normalized spacial score (nSPS) is 11.8. The van der Waals surface area contributed by atoms with E-state index in [1.165, 1.54) is 12.1 Å². The van der Waals surface area contributed by atoms with Crippen molar-refractivity contribution in [1.82, 2.24) is 4.98 Å². The molecule has 2 rings (SSSR count). The molecule has 1 aromatic carbocycles. The summed E-state index contributed by atoms with van der Waals surface area (Å²) in [5.41, 5.74) is -3.72. The summed E-state index contributed by atoms with van der Waals surface area (Å²) in [5, 5.41) is 0.708. The summed E-state index contributed by atoms with van der Waals surface area (Å²) in [6.07, 6.45) is 1.62. The maximum absolute atomic E-state index is 11.9. The summed E-state index contributed by atoms with van der Waals surface area (Å²) in [7, 11) is 0. The van der Waals surface area contributed by atoms with Gasteiger partial charge in [-0.15, -0.1) is 0 Å². The zero-order chi connectivity index (χ0) is 12.5. The summed E-state index contributed by atoms with van der Waals surface area (Å²) in [6.45, 7) is 0. The second kappa shape index (κ2) is 4.73. The molecule has 0 bridgehead atoms. The lowest BCUT2D eigenvalue weighted by atomic mass is 10.2. The van der Waals surface area contributed by atoms with Crippen molar-refractivity contribution in [2.75, 3.05) is 0 Å². The van der Waals surface area contributed by atoms with Gasteiger partial charge in [-0.05, 0) is 40.2 Å². The van der Waals surface area contributed by atoms with E-state index in [2.05, 4.69) is 25.1 Å². The Morgan fingerprint density at radius 3 is 2.71 bits per heavy atom. The van der Waals surface area contributed by atoms with Gasteiger partial charge in [-0.1, -0.05) is 0 Å². The number of aromatic nitrogens is 1. The van der Waals surface area contributed by atoms with Crippen molar-refractivity contribution in [1.29, 1.82) is 0 Å². The van der Waals surface area contributed by atoms with E-state index in [0.717, 1.165) is 4.47 Å². The van der Waals surface area contributed by atoms with Crippen LogP contribution in [0.2, 0.25) is 0 Å². The summed E-state index contributed by atoms with van der Waals surface area (Å²) in [5.74, 6) is 0.139. The van der Waals surface area contributed by atoms with Crippen LogP contribution in [0.5, 0.6) is 5.75 Å². The first-order valence-electron chi connectivity index (χ1n) is 4.42. The highest BCUT2D eigenvalue weighted by molar-refractivity contribution is 9.10. The topological polar surface area (TPSA) is 22.1 Å². The molecule has 0 N–H and O–H groups in total. The van der Waals surface area contributed by atoms with E-state index in [4.69, 9.17) is 0 Å². The predicted octanol–water partition coefficient (Wildman–Crippen LogP) is 4.54. The fourth-order valence-electron chi connectivity index (χ4n) is 1.23. The zero-order valence-corrected chi connectivity index (χ0v) is 10.6. The Balaban J connectivity index is 2.25. The van der Waals surface area contributed by atoms with E-state index in [1.807, 2.05) is 0 Å². The number of pyridine rings is 1. The first kappa shape index (κ1) is 12.5. The summed E-state index contributed by atoms with van der Waals surface area (Å²) < 4.78 is 41.1. The molecule has 0 radical (unpaired) electrons. The molecule has 0 saturated heterocycles. The van der Waals surface area contributed by atoms with Crippen LogP contribution >= 0.6 is 28.0 Å². The third-order valence-electron chi connectivity index (χ3n) is 1.85. The summed E-state index contributed by atoms with van der Waals surface area (Å²) >= 11 is 2.71. The molecular weight excluding hydrogens is 319 g/mol. The van der Waals surface area contributed by atoms with Gasteiger partial charge in [0, 0.05) is 16.1 Å². The van der Waals surface area contributed by atoms with Crippen LogP contribution in [0.25, 0.3) is 10.9 Å². The van der Waals surface area contributed by atoms with Crippen molar-refractivity contribution in [3.8, 4) is 5.75 Å². The molecule has 0 amide bonds. The van der Waals surface area contributed by atoms with E-state index in [-0.39, 0.29) is 5.75 Å². The SMILES string of the molecule is FC(F)(F)SOc1ccc2ncc(Br)cc2c1. The summed E-state index contributed by atoms with van der Waals surface area (Å²) in [6, 6.07) is 6.31. The fourth-order valence-corrected chi connectivity index (χ4v) is 1.87. The molecular formula is C10H5BrF3NOS. The van der Waals surface area contributed by atoms with Crippen LogP contribution in [0.4, 0.5) is 13.2 Å². The van der Waals surface area contributed by atoms with Gasteiger partial charge in [0.25, 0.3) is 0 Å². The maximum Gasteiger partial charge on any atom is 0.479 e. The number of fused-ring (bicyclic) bond motifs is 1. The lowest BCUT2D eigenvalue weighted by Gasteiger charge is -2.07. The molecule has 90 valence electrons. The minimum absolute atomic E-state index is 0.139. The molecule has 0 unspecified atom stereocenters. The number of nitrogens with zero attached hydrogens (tertiary/aromatic N) is 1. The van der Waals surface area contributed by atoms with Crippen LogP contribution in [0, 0.1) is 0 Å². The third kappa shape index (κ3) is 3.50. The molecule has 1 heterocycles. The van der Waals surface area contributed by atoms with Crippen molar-refractivity contribution in [3.05, 3.63) is 34.9 Å². The largest absolute Gasteiger partial charge is 0.479 e. The molecule has 0 spiro atoms. The maximum atomic E-state index is 11.9. The molecule has 0 aliphatic carbocycles. The van der Waals surface area contributed by atoms with Crippen LogP contribution in [0.1, 0.15) is 0 Å². The van der Waals surface area contributed by atoms with Gasteiger partial charge in [0.1, 0.15) is 5.75 Å². The average molecular weight is 324 g/mol. The second-order valence-corrected chi connectivity index (χ2v) is 4.83. The molecule has 0 atom stereocenters. The van der Waals surface area contributed by atoms with Crippen LogP contribution in [0.3, 0.4) is 0 Å². The lowest BCUT2D eigenvalue weighted by Crippen LogP contribution is -2.02. The summed E-state index contributed by atoms with van der Waals surface area (Å²) in [4.78, 5) is 4.10. The van der Waals surface area contributed by atoms with E-state index in [0.29, 0.717) is 10.9 Å². The van der Waals surface area contributed by atoms with E-state index in [9.17, 15) is 13.2 Å². The Bertz CT molecular complexity index is 547. The molecule has 0 fully saturated rings. The van der Waals surface area contributed by atoms with Crippen molar-refractivity contribution in [2.24, 2.45) is 0 Å². The van der Waals surface area contributed by atoms with Crippen LogP contribution in [-0.4, -0.2) is 10.5 Å². The zero-order valence-electron chi connectivity index (χ0n) is 8.16. The van der Waals surface area contributed by atoms with Crippen molar-refractivity contribution < 1.29 is 17.4 Å². The number of hydrogen-bond donors (Lipinski definition) is 0. The number of benzene rings is 1. The minimum Gasteiger partial charge on any atom is -0.417 e. The molecule has 7 heteroatoms. The highest BCUT2D eigenvalue weighted by Crippen LogP contribution is 2.33. The van der Waals surface area contributed by atoms with Gasteiger partial charge in [0.15, 0.2) is 12.0 Å². The smallest absolute Gasteiger partial charge is 0.417 e. The molecule has 2 nitrogen and oxygen atoms in total. The van der Waals surface area contributed by atoms with E-state index in [1.54, 1.807) is 18.3 Å². The molecule has 0 saturated carbocycles. The highest BCUT2D eigenvalue weighted by atomic mass is 79.9. The van der Waals surface area contributed by atoms with Gasteiger partial charge in [-0.2, -0.15) is 13.2 Å². The standard InChI is InChI=1S/C10H5BrF3NOS/c11-7-3-6-4-8(16-17-10(12,13)14)1-2-9(6)15-5-7/h1-5H. The monoisotopic (exact) mass is 323 g/mol. The van der Waals surface area contributed by atoms with Crippen LogP contribution < -0.4 is 4.18 Å². The first-order valence-corrected chi connectivity index (χ1v) is 5.95. The quantitative estimate of drug-likeness (QED) is 0.757. The second-order valence-electron chi connectivity index (χ2n) is 3.12. The Morgan fingerprint density at radius 1 is 1.24 bits per heavy atom. The molecule has 1 aromatic heterocycles. The molecule has 0 aliphatic rings. The fraction of sp³-hybridized carbons (Fsp3) is 0.100. The van der Waals surface area contributed by atoms with Gasteiger partial charge in [0.2, 0.25) is 0 Å². The third-order valence-corrected chi connectivity index (χ3v) is 2.75. The Labute approximate surface area is 108 Å². The highest BCUT2D eigenvalue weighted by Gasteiger charge is 2.31. The van der Waals surface area contributed by atoms with Gasteiger partial charge in [-0.25, -0.2) is 0 Å². The lowest BCUT2D eigenvalue weighted by molar-refractivity contribution is -0.0369. The van der Waals surface area contributed by atoms with Crippen molar-refractivity contribution in [2.45, 2.75) is 5.51 Å². The Hall–Kier alpha value is -0.950. The number of hydrogen-bond acceptors (Lipinski definition) is 3. The molecule has 2 aromatic rings.